The molecule has 0 bridgehead atoms. The average Bonchev–Trinajstić information content (AvgIpc) is 2.47. The molecule has 1 saturated heterocycles. The van der Waals surface area contributed by atoms with Crippen molar-refractivity contribution in [2.45, 2.75) is 32.8 Å². The summed E-state index contributed by atoms with van der Waals surface area (Å²) >= 11 is 0. The number of epoxide rings is 1. The van der Waals surface area contributed by atoms with E-state index in [2.05, 4.69) is 20.8 Å². The highest BCUT2D eigenvalue weighted by Gasteiger charge is 2.43. The molecule has 0 amide bonds. The Balaban J connectivity index is 2.34. The van der Waals surface area contributed by atoms with Crippen LogP contribution < -0.4 is 0 Å². The Labute approximate surface area is 51.0 Å². The summed E-state index contributed by atoms with van der Waals surface area (Å²) in [7, 11) is 0. The van der Waals surface area contributed by atoms with Crippen molar-refractivity contribution in [2.24, 2.45) is 5.92 Å². The second-order valence-corrected chi connectivity index (χ2v) is 2.91. The van der Waals surface area contributed by atoms with E-state index >= 15 is 0 Å². The third-order valence-electron chi connectivity index (χ3n) is 2.25. The Morgan fingerprint density at radius 3 is 2.38 bits per heavy atom. The second-order valence-electron chi connectivity index (χ2n) is 2.91. The van der Waals surface area contributed by atoms with Crippen LogP contribution in [0.4, 0.5) is 0 Å². The van der Waals surface area contributed by atoms with Gasteiger partial charge in [0.1, 0.15) is 0 Å². The van der Waals surface area contributed by atoms with Crippen LogP contribution in [0.3, 0.4) is 0 Å². The van der Waals surface area contributed by atoms with Gasteiger partial charge < -0.3 is 4.74 Å². The molecule has 1 fully saturated rings. The van der Waals surface area contributed by atoms with Gasteiger partial charge in [0.25, 0.3) is 0 Å². The van der Waals surface area contributed by atoms with Crippen LogP contribution in [0.5, 0.6) is 0 Å². The molecule has 8 heavy (non-hydrogen) atoms. The molecule has 1 rings (SSSR count). The second kappa shape index (κ2) is 1.73. The van der Waals surface area contributed by atoms with Crippen LogP contribution in [-0.4, -0.2) is 12.2 Å². The topological polar surface area (TPSA) is 12.5 Å². The van der Waals surface area contributed by atoms with E-state index in [-0.39, 0.29) is 5.60 Å². The third-order valence-corrected chi connectivity index (χ3v) is 2.25. The highest BCUT2D eigenvalue weighted by atomic mass is 16.6. The van der Waals surface area contributed by atoms with E-state index in [0.29, 0.717) is 0 Å². The fourth-order valence-electron chi connectivity index (χ4n) is 0.830. The quantitative estimate of drug-likeness (QED) is 0.499. The highest BCUT2D eigenvalue weighted by Crippen LogP contribution is 2.35. The van der Waals surface area contributed by atoms with Crippen molar-refractivity contribution in [3.63, 3.8) is 0 Å². The Kier molecular flexibility index (Phi) is 1.31. The maximum absolute atomic E-state index is 5.25. The van der Waals surface area contributed by atoms with Crippen LogP contribution in [0.25, 0.3) is 0 Å². The van der Waals surface area contributed by atoms with Crippen molar-refractivity contribution in [1.82, 2.24) is 0 Å². The van der Waals surface area contributed by atoms with Crippen molar-refractivity contribution in [2.75, 3.05) is 6.61 Å². The minimum atomic E-state index is 0.259. The molecule has 0 saturated carbocycles. The van der Waals surface area contributed by atoms with Crippen molar-refractivity contribution >= 4 is 0 Å². The van der Waals surface area contributed by atoms with Crippen LogP contribution in [-0.2, 0) is 4.74 Å². The first-order chi connectivity index (χ1) is 3.69. The molecule has 0 aromatic heterocycles. The molecule has 1 heteroatoms. The van der Waals surface area contributed by atoms with Crippen molar-refractivity contribution < 1.29 is 4.74 Å². The van der Waals surface area contributed by atoms with Gasteiger partial charge >= 0.3 is 0 Å². The number of hydrogen-bond donors (Lipinski definition) is 0. The molecule has 1 aliphatic rings. The first kappa shape index (κ1) is 6.09. The molecule has 0 radical (unpaired) electrons. The van der Waals surface area contributed by atoms with Gasteiger partial charge in [0.2, 0.25) is 0 Å². The van der Waals surface area contributed by atoms with Crippen LogP contribution in [0.1, 0.15) is 27.2 Å². The van der Waals surface area contributed by atoms with E-state index in [0.717, 1.165) is 12.5 Å². The third kappa shape index (κ3) is 0.873. The minimum absolute atomic E-state index is 0.259. The van der Waals surface area contributed by atoms with Gasteiger partial charge in [0, 0.05) is 0 Å². The summed E-state index contributed by atoms with van der Waals surface area (Å²) in [6.45, 7) is 7.60. The summed E-state index contributed by atoms with van der Waals surface area (Å²) in [6, 6.07) is 0. The summed E-state index contributed by atoms with van der Waals surface area (Å²) in [5.41, 5.74) is 0.259. The van der Waals surface area contributed by atoms with Gasteiger partial charge in [-0.15, -0.1) is 0 Å². The van der Waals surface area contributed by atoms with E-state index in [9.17, 15) is 0 Å². The standard InChI is InChI=1S/C7H14O/c1-4-6(2)7(3)5-8-7/h6H,4-5H2,1-3H3/t6?,7-/m0/s1. The van der Waals surface area contributed by atoms with Gasteiger partial charge in [0.15, 0.2) is 0 Å². The predicted octanol–water partition coefficient (Wildman–Crippen LogP) is 1.82. The Morgan fingerprint density at radius 2 is 2.25 bits per heavy atom. The molecular weight excluding hydrogens is 100 g/mol. The molecule has 1 heterocycles. The van der Waals surface area contributed by atoms with E-state index in [1.165, 1.54) is 6.42 Å². The largest absolute Gasteiger partial charge is 0.370 e. The molecule has 0 spiro atoms. The Morgan fingerprint density at radius 1 is 1.75 bits per heavy atom. The number of hydrogen-bond acceptors (Lipinski definition) is 1. The maximum Gasteiger partial charge on any atom is 0.0913 e. The average molecular weight is 114 g/mol. The minimum Gasteiger partial charge on any atom is -0.370 e. The Bertz CT molecular complexity index is 84.4. The Hall–Kier alpha value is -0.0400. The normalized spacial score (nSPS) is 39.4. The maximum atomic E-state index is 5.25. The van der Waals surface area contributed by atoms with Gasteiger partial charge in [-0.05, 0) is 12.8 Å². The summed E-state index contributed by atoms with van der Waals surface area (Å²) in [6.07, 6.45) is 1.23. The molecule has 0 aromatic carbocycles. The molecule has 1 nitrogen and oxygen atoms in total. The van der Waals surface area contributed by atoms with Crippen LogP contribution in [0.15, 0.2) is 0 Å². The molecular formula is C7H14O. The fraction of sp³-hybridized carbons (Fsp3) is 1.00. The summed E-state index contributed by atoms with van der Waals surface area (Å²) in [5.74, 6) is 0.738. The SMILES string of the molecule is CCC(C)[C@]1(C)CO1. The summed E-state index contributed by atoms with van der Waals surface area (Å²) in [4.78, 5) is 0. The van der Waals surface area contributed by atoms with Crippen molar-refractivity contribution in [1.29, 1.82) is 0 Å². The molecule has 0 aromatic rings. The van der Waals surface area contributed by atoms with Crippen LogP contribution in [0.2, 0.25) is 0 Å². The predicted molar refractivity (Wildman–Crippen MR) is 33.8 cm³/mol. The van der Waals surface area contributed by atoms with E-state index in [1.54, 1.807) is 0 Å². The first-order valence-electron chi connectivity index (χ1n) is 3.33. The zero-order chi connectivity index (χ0) is 6.20. The zero-order valence-electron chi connectivity index (χ0n) is 5.90. The van der Waals surface area contributed by atoms with E-state index < -0.39 is 0 Å². The monoisotopic (exact) mass is 114 g/mol. The van der Waals surface area contributed by atoms with E-state index in [1.807, 2.05) is 0 Å². The summed E-state index contributed by atoms with van der Waals surface area (Å²) < 4.78 is 5.25. The first-order valence-corrected chi connectivity index (χ1v) is 3.33. The smallest absolute Gasteiger partial charge is 0.0913 e. The van der Waals surface area contributed by atoms with Gasteiger partial charge in [0.05, 0.1) is 12.2 Å². The molecule has 1 unspecified atom stereocenters. The lowest BCUT2D eigenvalue weighted by Crippen LogP contribution is -2.15. The number of rotatable bonds is 2. The lowest BCUT2D eigenvalue weighted by atomic mass is 9.95. The lowest BCUT2D eigenvalue weighted by molar-refractivity contribution is 0.243. The zero-order valence-corrected chi connectivity index (χ0v) is 5.90. The van der Waals surface area contributed by atoms with Gasteiger partial charge in [-0.3, -0.25) is 0 Å². The fourth-order valence-corrected chi connectivity index (χ4v) is 0.830. The van der Waals surface area contributed by atoms with Crippen molar-refractivity contribution in [3.8, 4) is 0 Å². The highest BCUT2D eigenvalue weighted by molar-refractivity contribution is 4.90. The number of ether oxygens (including phenoxy) is 1. The molecule has 2 atom stereocenters. The molecule has 0 aliphatic carbocycles. The van der Waals surface area contributed by atoms with Crippen molar-refractivity contribution in [3.05, 3.63) is 0 Å². The van der Waals surface area contributed by atoms with E-state index in [4.69, 9.17) is 4.74 Å². The van der Waals surface area contributed by atoms with Gasteiger partial charge in [-0.25, -0.2) is 0 Å². The molecule has 0 N–H and O–H groups in total. The van der Waals surface area contributed by atoms with Gasteiger partial charge in [-0.2, -0.15) is 0 Å². The lowest BCUT2D eigenvalue weighted by Gasteiger charge is -2.11. The molecule has 48 valence electrons. The summed E-state index contributed by atoms with van der Waals surface area (Å²) in [5, 5.41) is 0. The molecule has 1 aliphatic heterocycles. The van der Waals surface area contributed by atoms with Gasteiger partial charge in [-0.1, -0.05) is 20.3 Å². The van der Waals surface area contributed by atoms with Crippen LogP contribution >= 0.6 is 0 Å². The van der Waals surface area contributed by atoms with Crippen LogP contribution in [0, 0.1) is 5.92 Å².